The molecule has 0 bridgehead atoms. The molecule has 1 N–H and O–H groups in total. The van der Waals surface area contributed by atoms with Crippen molar-refractivity contribution in [3.63, 3.8) is 0 Å². The van der Waals surface area contributed by atoms with Gasteiger partial charge in [0, 0.05) is 6.61 Å². The van der Waals surface area contributed by atoms with Crippen LogP contribution in [0.5, 0.6) is 0 Å². The van der Waals surface area contributed by atoms with Gasteiger partial charge in [-0.2, -0.15) is 5.10 Å². The topological polar surface area (TPSA) is 42.8 Å². The van der Waals surface area contributed by atoms with E-state index in [1.807, 2.05) is 22.1 Å². The van der Waals surface area contributed by atoms with Crippen LogP contribution in [0, 0.1) is 4.77 Å². The van der Waals surface area contributed by atoms with E-state index in [1.165, 1.54) is 0 Å². The Bertz CT molecular complexity index is 516. The fraction of sp³-hybridized carbons (Fsp3) is 0.500. The highest BCUT2D eigenvalue weighted by molar-refractivity contribution is 7.71. The largest absolute Gasteiger partial charge is 0.380 e. The number of nitrogens with one attached hydrogen (secondary N) is 1. The molecule has 0 aliphatic carbocycles. The number of hydrogen-bond acceptors (Lipinski definition) is 4. The Morgan fingerprint density at radius 1 is 1.50 bits per heavy atom. The summed E-state index contributed by atoms with van der Waals surface area (Å²) in [6.45, 7) is 4.39. The van der Waals surface area contributed by atoms with E-state index >= 15 is 0 Å². The molecule has 0 atom stereocenters. The summed E-state index contributed by atoms with van der Waals surface area (Å²) in [4.78, 5) is 1.12. The zero-order chi connectivity index (χ0) is 12.8. The van der Waals surface area contributed by atoms with Crippen LogP contribution in [0.2, 0.25) is 0 Å². The maximum atomic E-state index is 5.57. The molecule has 18 heavy (non-hydrogen) atoms. The van der Waals surface area contributed by atoms with Crippen LogP contribution in [0.3, 0.4) is 0 Å². The van der Waals surface area contributed by atoms with Crippen molar-refractivity contribution >= 4 is 23.6 Å². The molecule has 2 rings (SSSR count). The third-order valence-electron chi connectivity index (χ3n) is 2.60. The first-order chi connectivity index (χ1) is 8.83. The SMILES string of the molecule is CCCCOCCn1c(-c2cccs2)n[nH]c1=S. The molecule has 0 amide bonds. The summed E-state index contributed by atoms with van der Waals surface area (Å²) in [5.74, 6) is 0.897. The second-order valence-corrected chi connectivity index (χ2v) is 5.28. The summed E-state index contributed by atoms with van der Waals surface area (Å²) in [6.07, 6.45) is 2.26. The Hall–Kier alpha value is -0.980. The second kappa shape index (κ2) is 6.82. The van der Waals surface area contributed by atoms with Crippen molar-refractivity contribution in [2.24, 2.45) is 0 Å². The minimum absolute atomic E-state index is 0.650. The lowest BCUT2D eigenvalue weighted by Gasteiger charge is -2.06. The second-order valence-electron chi connectivity index (χ2n) is 3.95. The van der Waals surface area contributed by atoms with Gasteiger partial charge in [0.15, 0.2) is 10.6 Å². The normalized spacial score (nSPS) is 10.9. The van der Waals surface area contributed by atoms with Crippen molar-refractivity contribution in [2.75, 3.05) is 13.2 Å². The van der Waals surface area contributed by atoms with Gasteiger partial charge >= 0.3 is 0 Å². The van der Waals surface area contributed by atoms with E-state index in [1.54, 1.807) is 11.3 Å². The number of thiophene rings is 1. The zero-order valence-corrected chi connectivity index (χ0v) is 12.0. The summed E-state index contributed by atoms with van der Waals surface area (Å²) < 4.78 is 8.21. The molecule has 0 saturated heterocycles. The van der Waals surface area contributed by atoms with E-state index in [-0.39, 0.29) is 0 Å². The molecule has 0 fully saturated rings. The smallest absolute Gasteiger partial charge is 0.195 e. The van der Waals surface area contributed by atoms with E-state index < -0.39 is 0 Å². The molecule has 98 valence electrons. The molecule has 0 aromatic carbocycles. The van der Waals surface area contributed by atoms with Gasteiger partial charge in [-0.15, -0.1) is 11.3 Å². The third kappa shape index (κ3) is 3.28. The predicted octanol–water partition coefficient (Wildman–Crippen LogP) is 3.49. The van der Waals surface area contributed by atoms with Gasteiger partial charge in [0.2, 0.25) is 0 Å². The Labute approximate surface area is 116 Å². The first kappa shape index (κ1) is 13.5. The standard InChI is InChI=1S/C12H17N3OS2/c1-2-3-7-16-8-6-15-11(13-14-12(15)17)10-5-4-9-18-10/h4-5,9H,2-3,6-8H2,1H3,(H,14,17). The average Bonchev–Trinajstić information content (AvgIpc) is 2.99. The van der Waals surface area contributed by atoms with Crippen LogP contribution in [-0.4, -0.2) is 28.0 Å². The molecule has 0 radical (unpaired) electrons. The average molecular weight is 283 g/mol. The lowest BCUT2D eigenvalue weighted by molar-refractivity contribution is 0.123. The third-order valence-corrected chi connectivity index (χ3v) is 3.78. The number of rotatable bonds is 7. The van der Waals surface area contributed by atoms with Gasteiger partial charge in [0.1, 0.15) is 0 Å². The molecule has 2 heterocycles. The molecule has 0 spiro atoms. The Balaban J connectivity index is 2.00. The summed E-state index contributed by atoms with van der Waals surface area (Å²) in [5.41, 5.74) is 0. The number of aromatic amines is 1. The molecule has 4 nitrogen and oxygen atoms in total. The van der Waals surface area contributed by atoms with Gasteiger partial charge in [-0.25, -0.2) is 0 Å². The molecular formula is C12H17N3OS2. The lowest BCUT2D eigenvalue weighted by Crippen LogP contribution is -2.08. The molecule has 6 heteroatoms. The minimum atomic E-state index is 0.650. The Morgan fingerprint density at radius 2 is 2.39 bits per heavy atom. The van der Waals surface area contributed by atoms with Crippen LogP contribution >= 0.6 is 23.6 Å². The van der Waals surface area contributed by atoms with E-state index in [2.05, 4.69) is 17.1 Å². The van der Waals surface area contributed by atoms with Gasteiger partial charge in [0.05, 0.1) is 18.0 Å². The van der Waals surface area contributed by atoms with Crippen molar-refractivity contribution in [2.45, 2.75) is 26.3 Å². The van der Waals surface area contributed by atoms with Crippen LogP contribution < -0.4 is 0 Å². The first-order valence-electron chi connectivity index (χ1n) is 6.09. The lowest BCUT2D eigenvalue weighted by atomic mass is 10.4. The van der Waals surface area contributed by atoms with Gasteiger partial charge in [-0.3, -0.25) is 9.67 Å². The summed E-state index contributed by atoms with van der Waals surface area (Å²) in [6, 6.07) is 4.06. The van der Waals surface area contributed by atoms with Crippen LogP contribution in [0.15, 0.2) is 17.5 Å². The van der Waals surface area contributed by atoms with E-state index in [4.69, 9.17) is 17.0 Å². The fourth-order valence-corrected chi connectivity index (χ4v) is 2.57. The molecule has 0 aliphatic heterocycles. The number of H-pyrrole nitrogens is 1. The Kier molecular flexibility index (Phi) is 5.10. The Morgan fingerprint density at radius 3 is 3.11 bits per heavy atom. The molecule has 2 aromatic heterocycles. The number of hydrogen-bond donors (Lipinski definition) is 1. The maximum absolute atomic E-state index is 5.57. The van der Waals surface area contributed by atoms with Crippen LogP contribution in [-0.2, 0) is 11.3 Å². The number of aromatic nitrogens is 3. The first-order valence-corrected chi connectivity index (χ1v) is 7.38. The van der Waals surface area contributed by atoms with Crippen molar-refractivity contribution in [3.05, 3.63) is 22.3 Å². The van der Waals surface area contributed by atoms with Gasteiger partial charge in [0.25, 0.3) is 0 Å². The highest BCUT2D eigenvalue weighted by Gasteiger charge is 2.09. The number of nitrogens with zero attached hydrogens (tertiary/aromatic N) is 2. The van der Waals surface area contributed by atoms with Crippen LogP contribution in [0.25, 0.3) is 10.7 Å². The van der Waals surface area contributed by atoms with Crippen molar-refractivity contribution < 1.29 is 4.74 Å². The monoisotopic (exact) mass is 283 g/mol. The van der Waals surface area contributed by atoms with Crippen molar-refractivity contribution in [1.29, 1.82) is 0 Å². The van der Waals surface area contributed by atoms with Crippen molar-refractivity contribution in [1.82, 2.24) is 14.8 Å². The summed E-state index contributed by atoms with van der Waals surface area (Å²) >= 11 is 6.90. The van der Waals surface area contributed by atoms with Gasteiger partial charge in [-0.05, 0) is 30.1 Å². The van der Waals surface area contributed by atoms with E-state index in [0.717, 1.165) is 36.7 Å². The highest BCUT2D eigenvalue weighted by atomic mass is 32.1. The molecule has 2 aromatic rings. The fourth-order valence-electron chi connectivity index (χ4n) is 1.62. The number of ether oxygens (including phenoxy) is 1. The minimum Gasteiger partial charge on any atom is -0.380 e. The van der Waals surface area contributed by atoms with Crippen LogP contribution in [0.1, 0.15) is 19.8 Å². The number of unbranched alkanes of at least 4 members (excludes halogenated alkanes) is 1. The van der Waals surface area contributed by atoms with E-state index in [9.17, 15) is 0 Å². The van der Waals surface area contributed by atoms with Crippen LogP contribution in [0.4, 0.5) is 0 Å². The summed E-state index contributed by atoms with van der Waals surface area (Å²) in [7, 11) is 0. The molecular weight excluding hydrogens is 266 g/mol. The molecule has 0 saturated carbocycles. The van der Waals surface area contributed by atoms with Gasteiger partial charge in [-0.1, -0.05) is 19.4 Å². The quantitative estimate of drug-likeness (QED) is 0.625. The maximum Gasteiger partial charge on any atom is 0.195 e. The summed E-state index contributed by atoms with van der Waals surface area (Å²) in [5, 5.41) is 9.16. The van der Waals surface area contributed by atoms with Gasteiger partial charge < -0.3 is 4.74 Å². The predicted molar refractivity (Wildman–Crippen MR) is 76.5 cm³/mol. The van der Waals surface area contributed by atoms with Crippen molar-refractivity contribution in [3.8, 4) is 10.7 Å². The van der Waals surface area contributed by atoms with E-state index in [0.29, 0.717) is 11.4 Å². The zero-order valence-electron chi connectivity index (χ0n) is 10.4. The highest BCUT2D eigenvalue weighted by Crippen LogP contribution is 2.22. The molecule has 0 unspecified atom stereocenters. The molecule has 0 aliphatic rings.